The highest BCUT2D eigenvalue weighted by molar-refractivity contribution is 5.76. The molecule has 3 aliphatic rings. The van der Waals surface area contributed by atoms with Crippen LogP contribution in [0.25, 0.3) is 0 Å². The zero-order valence-corrected chi connectivity index (χ0v) is 10.6. The van der Waals surface area contributed by atoms with Gasteiger partial charge >= 0.3 is 5.97 Å². The summed E-state index contributed by atoms with van der Waals surface area (Å²) in [6, 6.07) is -0.0607. The Kier molecular flexibility index (Phi) is 4.01. The van der Waals surface area contributed by atoms with E-state index in [9.17, 15) is 4.79 Å². The van der Waals surface area contributed by atoms with E-state index in [1.807, 2.05) is 6.92 Å². The van der Waals surface area contributed by atoms with Gasteiger partial charge in [-0.25, -0.2) is 0 Å². The summed E-state index contributed by atoms with van der Waals surface area (Å²) in [4.78, 5) is 11.9. The number of nitrogens with one attached hydrogen (secondary N) is 1. The first-order chi connectivity index (χ1) is 8.22. The molecule has 98 valence electrons. The maximum Gasteiger partial charge on any atom is 0.323 e. The molecule has 1 saturated carbocycles. The zero-order chi connectivity index (χ0) is 12.4. The van der Waals surface area contributed by atoms with Crippen molar-refractivity contribution >= 4 is 5.97 Å². The minimum Gasteiger partial charge on any atom is -0.465 e. The van der Waals surface area contributed by atoms with Gasteiger partial charge in [0.15, 0.2) is 0 Å². The van der Waals surface area contributed by atoms with Gasteiger partial charge in [0.05, 0.1) is 18.8 Å². The molecule has 2 unspecified atom stereocenters. The maximum atomic E-state index is 11.9. The average molecular weight is 243 g/mol. The standard InChI is InChI=1S/C12H21NO4/c1-4-17-12(14)9-7-5-6-8(13-9)11(16-3)10(7)15-2/h7-11,13H,4-6H2,1-3H3/t7?,8?,9-,10-,11+/m0/s1. The molecular formula is C12H21NO4. The number of hydrogen-bond acceptors (Lipinski definition) is 5. The highest BCUT2D eigenvalue weighted by Gasteiger charge is 2.51. The number of rotatable bonds is 4. The van der Waals surface area contributed by atoms with Crippen molar-refractivity contribution in [2.45, 2.75) is 44.1 Å². The van der Waals surface area contributed by atoms with Crippen molar-refractivity contribution in [2.75, 3.05) is 20.8 Å². The molecular weight excluding hydrogens is 222 g/mol. The second kappa shape index (κ2) is 5.33. The minimum atomic E-state index is -0.245. The number of hydrogen-bond donors (Lipinski definition) is 1. The summed E-state index contributed by atoms with van der Waals surface area (Å²) in [7, 11) is 3.37. The lowest BCUT2D eigenvalue weighted by Gasteiger charge is -2.50. The Bertz CT molecular complexity index is 284. The number of fused-ring (bicyclic) bond motifs is 3. The fourth-order valence-electron chi connectivity index (χ4n) is 3.14. The van der Waals surface area contributed by atoms with Crippen molar-refractivity contribution in [2.24, 2.45) is 5.92 Å². The van der Waals surface area contributed by atoms with E-state index in [2.05, 4.69) is 5.32 Å². The molecule has 0 aromatic carbocycles. The highest BCUT2D eigenvalue weighted by Crippen LogP contribution is 2.37. The number of carbonyl (C=O) groups is 1. The third kappa shape index (κ3) is 2.19. The van der Waals surface area contributed by atoms with Crippen LogP contribution in [0.1, 0.15) is 19.8 Å². The molecule has 0 aromatic heterocycles. The molecule has 5 nitrogen and oxygen atoms in total. The van der Waals surface area contributed by atoms with Crippen LogP contribution < -0.4 is 5.32 Å². The Balaban J connectivity index is 2.12. The van der Waals surface area contributed by atoms with Gasteiger partial charge in [0.2, 0.25) is 0 Å². The molecule has 0 radical (unpaired) electrons. The predicted molar refractivity (Wildman–Crippen MR) is 61.7 cm³/mol. The van der Waals surface area contributed by atoms with Crippen LogP contribution >= 0.6 is 0 Å². The van der Waals surface area contributed by atoms with Crippen LogP contribution in [-0.4, -0.2) is 51.1 Å². The monoisotopic (exact) mass is 243 g/mol. The normalized spacial score (nSPS) is 40.3. The Labute approximate surface area is 102 Å². The van der Waals surface area contributed by atoms with Gasteiger partial charge in [-0.05, 0) is 19.8 Å². The van der Waals surface area contributed by atoms with Crippen molar-refractivity contribution < 1.29 is 19.0 Å². The van der Waals surface area contributed by atoms with Crippen LogP contribution in [0.3, 0.4) is 0 Å². The first-order valence-electron chi connectivity index (χ1n) is 6.21. The van der Waals surface area contributed by atoms with Crippen molar-refractivity contribution in [3.8, 4) is 0 Å². The summed E-state index contributed by atoms with van der Waals surface area (Å²) < 4.78 is 16.1. The molecule has 0 aromatic rings. The average Bonchev–Trinajstić information content (AvgIpc) is 2.38. The van der Waals surface area contributed by atoms with Crippen LogP contribution in [0.4, 0.5) is 0 Å². The fraction of sp³-hybridized carbons (Fsp3) is 0.917. The number of ether oxygens (including phenoxy) is 3. The molecule has 2 heterocycles. The van der Waals surface area contributed by atoms with Crippen molar-refractivity contribution in [3.63, 3.8) is 0 Å². The van der Waals surface area contributed by atoms with E-state index < -0.39 is 0 Å². The van der Waals surface area contributed by atoms with E-state index in [1.165, 1.54) is 0 Å². The summed E-state index contributed by atoms with van der Waals surface area (Å²) >= 11 is 0. The van der Waals surface area contributed by atoms with Gasteiger partial charge in [0.25, 0.3) is 0 Å². The summed E-state index contributed by atoms with van der Waals surface area (Å²) in [5.74, 6) is -0.0206. The van der Waals surface area contributed by atoms with E-state index >= 15 is 0 Å². The Morgan fingerprint density at radius 3 is 2.53 bits per heavy atom. The van der Waals surface area contributed by atoms with Crippen LogP contribution in [0.5, 0.6) is 0 Å². The van der Waals surface area contributed by atoms with E-state index in [1.54, 1.807) is 14.2 Å². The molecule has 3 rings (SSSR count). The highest BCUT2D eigenvalue weighted by atomic mass is 16.5. The second-order valence-corrected chi connectivity index (χ2v) is 4.64. The molecule has 3 fully saturated rings. The number of methoxy groups -OCH3 is 2. The van der Waals surface area contributed by atoms with Gasteiger partial charge in [-0.3, -0.25) is 10.1 Å². The smallest absolute Gasteiger partial charge is 0.323 e. The topological polar surface area (TPSA) is 56.8 Å². The SMILES string of the molecule is CCOC(=O)[C@H]1NC2CCC1[C@H](OC)[C@@H]2OC. The molecule has 2 bridgehead atoms. The van der Waals surface area contributed by atoms with E-state index in [-0.39, 0.29) is 36.2 Å². The molecule has 2 aliphatic heterocycles. The number of piperidine rings is 2. The number of carbonyl (C=O) groups excluding carboxylic acids is 1. The summed E-state index contributed by atoms with van der Waals surface area (Å²) in [6.45, 7) is 2.24. The largest absolute Gasteiger partial charge is 0.465 e. The maximum absolute atomic E-state index is 11.9. The van der Waals surface area contributed by atoms with Gasteiger partial charge in [0.1, 0.15) is 6.04 Å². The molecule has 1 aliphatic carbocycles. The first kappa shape index (κ1) is 12.8. The van der Waals surface area contributed by atoms with Crippen LogP contribution in [-0.2, 0) is 19.0 Å². The molecule has 0 spiro atoms. The second-order valence-electron chi connectivity index (χ2n) is 4.64. The molecule has 17 heavy (non-hydrogen) atoms. The lowest BCUT2D eigenvalue weighted by Crippen LogP contribution is -2.68. The predicted octanol–water partition coefficient (Wildman–Crippen LogP) is 0.330. The molecule has 2 saturated heterocycles. The van der Waals surface area contributed by atoms with E-state index in [0.717, 1.165) is 12.8 Å². The third-order valence-electron chi connectivity index (χ3n) is 3.86. The Morgan fingerprint density at radius 1 is 1.24 bits per heavy atom. The lowest BCUT2D eigenvalue weighted by atomic mass is 9.72. The third-order valence-corrected chi connectivity index (χ3v) is 3.86. The minimum absolute atomic E-state index is 0.0191. The summed E-state index contributed by atoms with van der Waals surface area (Å²) in [5, 5.41) is 3.32. The fourth-order valence-corrected chi connectivity index (χ4v) is 3.14. The Morgan fingerprint density at radius 2 is 1.94 bits per heavy atom. The quantitative estimate of drug-likeness (QED) is 0.721. The molecule has 5 heteroatoms. The van der Waals surface area contributed by atoms with Gasteiger partial charge in [-0.15, -0.1) is 0 Å². The van der Waals surface area contributed by atoms with Crippen molar-refractivity contribution in [3.05, 3.63) is 0 Å². The van der Waals surface area contributed by atoms with E-state index in [4.69, 9.17) is 14.2 Å². The van der Waals surface area contributed by atoms with Gasteiger partial charge in [-0.2, -0.15) is 0 Å². The van der Waals surface area contributed by atoms with Gasteiger partial charge < -0.3 is 14.2 Å². The molecule has 0 amide bonds. The first-order valence-corrected chi connectivity index (χ1v) is 6.21. The lowest BCUT2D eigenvalue weighted by molar-refractivity contribution is -0.168. The molecule has 1 N–H and O–H groups in total. The Hall–Kier alpha value is -0.650. The van der Waals surface area contributed by atoms with E-state index in [0.29, 0.717) is 6.61 Å². The van der Waals surface area contributed by atoms with Gasteiger partial charge in [-0.1, -0.05) is 0 Å². The zero-order valence-electron chi connectivity index (χ0n) is 10.6. The van der Waals surface area contributed by atoms with Crippen LogP contribution in [0.2, 0.25) is 0 Å². The summed E-state index contributed by atoms with van der Waals surface area (Å²) in [6.07, 6.45) is 2.03. The summed E-state index contributed by atoms with van der Waals surface area (Å²) in [5.41, 5.74) is 0. The molecule has 5 atom stereocenters. The van der Waals surface area contributed by atoms with Crippen molar-refractivity contribution in [1.29, 1.82) is 0 Å². The van der Waals surface area contributed by atoms with Crippen LogP contribution in [0.15, 0.2) is 0 Å². The van der Waals surface area contributed by atoms with Crippen molar-refractivity contribution in [1.82, 2.24) is 5.32 Å². The number of esters is 1. The van der Waals surface area contributed by atoms with Crippen LogP contribution in [0, 0.1) is 5.92 Å². The van der Waals surface area contributed by atoms with Gasteiger partial charge in [0, 0.05) is 26.2 Å².